The van der Waals surface area contributed by atoms with Gasteiger partial charge in [0.25, 0.3) is 5.91 Å². The zero-order valence-electron chi connectivity index (χ0n) is 14.0. The molecular formula is C18H18F3N3O2. The molecule has 1 aromatic carbocycles. The number of hydrogen-bond acceptors (Lipinski definition) is 3. The molecule has 1 aliphatic heterocycles. The van der Waals surface area contributed by atoms with Crippen LogP contribution in [0.2, 0.25) is 0 Å². The van der Waals surface area contributed by atoms with Crippen molar-refractivity contribution >= 4 is 5.91 Å². The molecule has 0 radical (unpaired) electrons. The highest BCUT2D eigenvalue weighted by atomic mass is 19.2. The van der Waals surface area contributed by atoms with Crippen molar-refractivity contribution in [3.05, 3.63) is 52.6 Å². The molecule has 0 spiro atoms. The molecule has 2 aromatic rings. The topological polar surface area (TPSA) is 58.4 Å². The number of rotatable bonds is 3. The minimum atomic E-state index is -1.47. The molecular weight excluding hydrogens is 347 g/mol. The molecule has 26 heavy (non-hydrogen) atoms. The largest absolute Gasteiger partial charge is 0.386 e. The first kappa shape index (κ1) is 17.1. The molecule has 138 valence electrons. The quantitative estimate of drug-likeness (QED) is 0.851. The van der Waals surface area contributed by atoms with Crippen molar-refractivity contribution in [1.29, 1.82) is 0 Å². The molecule has 2 heterocycles. The van der Waals surface area contributed by atoms with Crippen molar-refractivity contribution in [2.75, 3.05) is 6.54 Å². The van der Waals surface area contributed by atoms with E-state index >= 15 is 0 Å². The lowest BCUT2D eigenvalue weighted by molar-refractivity contribution is 0.0734. The molecule has 1 atom stereocenters. The van der Waals surface area contributed by atoms with Crippen LogP contribution in [0.1, 0.15) is 47.1 Å². The van der Waals surface area contributed by atoms with E-state index in [0.29, 0.717) is 30.4 Å². The number of aliphatic hydroxyl groups excluding tert-OH is 1. The Morgan fingerprint density at radius 1 is 1.19 bits per heavy atom. The summed E-state index contributed by atoms with van der Waals surface area (Å²) >= 11 is 0. The number of halogens is 3. The molecule has 1 N–H and O–H groups in total. The number of hydrogen-bond donors (Lipinski definition) is 1. The van der Waals surface area contributed by atoms with Crippen LogP contribution in [0.5, 0.6) is 0 Å². The molecule has 1 saturated carbocycles. The molecule has 4 rings (SSSR count). The van der Waals surface area contributed by atoms with Gasteiger partial charge in [-0.25, -0.2) is 13.2 Å². The first-order valence-corrected chi connectivity index (χ1v) is 8.63. The van der Waals surface area contributed by atoms with Crippen LogP contribution in [-0.2, 0) is 13.1 Å². The van der Waals surface area contributed by atoms with Gasteiger partial charge in [0, 0.05) is 13.1 Å². The van der Waals surface area contributed by atoms with Crippen molar-refractivity contribution < 1.29 is 23.1 Å². The van der Waals surface area contributed by atoms with Gasteiger partial charge in [-0.05, 0) is 43.4 Å². The van der Waals surface area contributed by atoms with E-state index in [4.69, 9.17) is 0 Å². The second-order valence-electron chi connectivity index (χ2n) is 6.86. The van der Waals surface area contributed by atoms with Gasteiger partial charge in [-0.2, -0.15) is 5.10 Å². The lowest BCUT2D eigenvalue weighted by Crippen LogP contribution is -2.32. The van der Waals surface area contributed by atoms with E-state index in [0.717, 1.165) is 18.9 Å². The molecule has 5 nitrogen and oxygen atoms in total. The van der Waals surface area contributed by atoms with Crippen LogP contribution in [0.15, 0.2) is 18.2 Å². The molecule has 1 amide bonds. The Labute approximate surface area is 148 Å². The van der Waals surface area contributed by atoms with E-state index in [9.17, 15) is 23.1 Å². The molecule has 1 aromatic heterocycles. The number of carbonyl (C=O) groups excluding carboxylic acids is 1. The minimum Gasteiger partial charge on any atom is -0.386 e. The lowest BCUT2D eigenvalue weighted by atomic mass is 10.1. The highest BCUT2D eigenvalue weighted by Crippen LogP contribution is 2.40. The molecule has 1 fully saturated rings. The Morgan fingerprint density at radius 2 is 1.92 bits per heavy atom. The van der Waals surface area contributed by atoms with Gasteiger partial charge in [-0.15, -0.1) is 0 Å². The fourth-order valence-corrected chi connectivity index (χ4v) is 3.34. The van der Waals surface area contributed by atoms with Crippen LogP contribution in [0, 0.1) is 23.4 Å². The summed E-state index contributed by atoms with van der Waals surface area (Å²) in [5.74, 6) is -4.49. The third-order valence-electron chi connectivity index (χ3n) is 4.95. The Kier molecular flexibility index (Phi) is 4.22. The highest BCUT2D eigenvalue weighted by Gasteiger charge is 2.34. The van der Waals surface area contributed by atoms with Crippen LogP contribution < -0.4 is 0 Å². The Bertz CT molecular complexity index is 864. The number of benzene rings is 1. The third kappa shape index (κ3) is 2.98. The summed E-state index contributed by atoms with van der Waals surface area (Å²) in [6, 6.07) is 3.13. The fraction of sp³-hybridized carbons (Fsp3) is 0.444. The van der Waals surface area contributed by atoms with E-state index in [-0.39, 0.29) is 19.0 Å². The van der Waals surface area contributed by atoms with E-state index in [1.165, 1.54) is 4.90 Å². The van der Waals surface area contributed by atoms with Crippen LogP contribution in [0.3, 0.4) is 0 Å². The standard InChI is InChI=1S/C18H18F3N3O2/c19-12-4-5-13(20)16(21)15(12)18(26)23-6-1-7-24-11(9-23)8-14(22-24)17(25)10-2-3-10/h4-5,8,10,17,25H,1-3,6-7,9H2/t17-/m1/s1. The van der Waals surface area contributed by atoms with E-state index in [1.54, 1.807) is 10.7 Å². The molecule has 0 unspecified atom stereocenters. The van der Waals surface area contributed by atoms with Gasteiger partial charge in [-0.1, -0.05) is 0 Å². The number of aryl methyl sites for hydroxylation is 1. The van der Waals surface area contributed by atoms with Gasteiger partial charge < -0.3 is 10.0 Å². The summed E-state index contributed by atoms with van der Waals surface area (Å²) in [7, 11) is 0. The molecule has 8 heteroatoms. The normalized spacial score (nSPS) is 18.4. The third-order valence-corrected chi connectivity index (χ3v) is 4.95. The predicted molar refractivity (Wildman–Crippen MR) is 85.6 cm³/mol. The van der Waals surface area contributed by atoms with Crippen LogP contribution in [-0.4, -0.2) is 32.2 Å². The Hall–Kier alpha value is -2.35. The summed E-state index contributed by atoms with van der Waals surface area (Å²) in [5.41, 5.74) is 0.360. The number of amides is 1. The van der Waals surface area contributed by atoms with Gasteiger partial charge >= 0.3 is 0 Å². The Morgan fingerprint density at radius 3 is 2.65 bits per heavy atom. The van der Waals surface area contributed by atoms with E-state index in [2.05, 4.69) is 5.10 Å². The summed E-state index contributed by atoms with van der Waals surface area (Å²) in [5, 5.41) is 14.6. The number of fused-ring (bicyclic) bond motifs is 1. The van der Waals surface area contributed by atoms with Gasteiger partial charge in [-0.3, -0.25) is 9.48 Å². The van der Waals surface area contributed by atoms with Crippen molar-refractivity contribution in [2.45, 2.75) is 38.5 Å². The maximum absolute atomic E-state index is 14.0. The molecule has 0 saturated heterocycles. The zero-order chi connectivity index (χ0) is 18.4. The lowest BCUT2D eigenvalue weighted by Gasteiger charge is -2.20. The van der Waals surface area contributed by atoms with Crippen LogP contribution in [0.4, 0.5) is 13.2 Å². The van der Waals surface area contributed by atoms with Crippen LogP contribution in [0.25, 0.3) is 0 Å². The smallest absolute Gasteiger partial charge is 0.260 e. The van der Waals surface area contributed by atoms with Gasteiger partial charge in [0.15, 0.2) is 11.6 Å². The summed E-state index contributed by atoms with van der Waals surface area (Å²) in [6.07, 6.45) is 1.84. The maximum Gasteiger partial charge on any atom is 0.260 e. The average Bonchev–Trinajstić information content (AvgIpc) is 3.42. The van der Waals surface area contributed by atoms with E-state index < -0.39 is 35.0 Å². The SMILES string of the molecule is O=C(c1c(F)ccc(F)c1F)N1CCCn2nc([C@H](O)C3CC3)cc2C1. The number of nitrogens with zero attached hydrogens (tertiary/aromatic N) is 3. The maximum atomic E-state index is 14.0. The number of aromatic nitrogens is 2. The molecule has 1 aliphatic carbocycles. The van der Waals surface area contributed by atoms with Gasteiger partial charge in [0.05, 0.1) is 17.9 Å². The first-order chi connectivity index (χ1) is 12.5. The van der Waals surface area contributed by atoms with Gasteiger partial charge in [0.1, 0.15) is 17.5 Å². The van der Waals surface area contributed by atoms with Crippen molar-refractivity contribution in [2.24, 2.45) is 5.92 Å². The highest BCUT2D eigenvalue weighted by molar-refractivity contribution is 5.94. The zero-order valence-corrected chi connectivity index (χ0v) is 14.0. The fourth-order valence-electron chi connectivity index (χ4n) is 3.34. The van der Waals surface area contributed by atoms with Crippen molar-refractivity contribution in [1.82, 2.24) is 14.7 Å². The second-order valence-corrected chi connectivity index (χ2v) is 6.86. The summed E-state index contributed by atoms with van der Waals surface area (Å²) < 4.78 is 43.0. The summed E-state index contributed by atoms with van der Waals surface area (Å²) in [4.78, 5) is 13.9. The second kappa shape index (κ2) is 6.42. The summed E-state index contributed by atoms with van der Waals surface area (Å²) in [6.45, 7) is 0.904. The van der Waals surface area contributed by atoms with Crippen molar-refractivity contribution in [3.8, 4) is 0 Å². The van der Waals surface area contributed by atoms with Gasteiger partial charge in [0.2, 0.25) is 0 Å². The number of carbonyl (C=O) groups is 1. The monoisotopic (exact) mass is 365 g/mol. The first-order valence-electron chi connectivity index (χ1n) is 8.63. The minimum absolute atomic E-state index is 0.0958. The average molecular weight is 365 g/mol. The van der Waals surface area contributed by atoms with Crippen LogP contribution >= 0.6 is 0 Å². The molecule has 2 aliphatic rings. The molecule has 0 bridgehead atoms. The van der Waals surface area contributed by atoms with Crippen molar-refractivity contribution in [3.63, 3.8) is 0 Å². The Balaban J connectivity index is 1.61. The number of aliphatic hydroxyl groups is 1. The van der Waals surface area contributed by atoms with E-state index in [1.807, 2.05) is 0 Å². The predicted octanol–water partition coefficient (Wildman–Crippen LogP) is 2.79.